The largest absolute Gasteiger partial charge is 0.478 e. The molecule has 0 saturated heterocycles. The van der Waals surface area contributed by atoms with Gasteiger partial charge in [0.15, 0.2) is 0 Å². The summed E-state index contributed by atoms with van der Waals surface area (Å²) in [7, 11) is 0. The Morgan fingerprint density at radius 1 is 1.06 bits per heavy atom. The minimum Gasteiger partial charge on any atom is -0.478 e. The van der Waals surface area contributed by atoms with Crippen LogP contribution in [0.1, 0.15) is 5.56 Å². The molecule has 1 aromatic rings. The number of carboxylic acid groups (broad SMARTS) is 1. The van der Waals surface area contributed by atoms with Crippen LogP contribution in [0, 0.1) is 0 Å². The predicted octanol–water partition coefficient (Wildman–Crippen LogP) is 0.0173. The van der Waals surface area contributed by atoms with Gasteiger partial charge >= 0.3 is 5.97 Å². The summed E-state index contributed by atoms with van der Waals surface area (Å²) in [5.41, 5.74) is 5.05. The molecule has 0 bridgehead atoms. The van der Waals surface area contributed by atoms with Crippen LogP contribution in [-0.4, -0.2) is 22.9 Å². The lowest BCUT2D eigenvalue weighted by molar-refractivity contribution is -0.131. The van der Waals surface area contributed by atoms with E-state index in [-0.39, 0.29) is 6.42 Å². The average Bonchev–Trinajstić information content (AvgIpc) is 2.35. The Labute approximate surface area is 103 Å². The molecule has 1 aromatic carbocycles. The van der Waals surface area contributed by atoms with E-state index >= 15 is 0 Å². The van der Waals surface area contributed by atoms with Gasteiger partial charge in [-0.3, -0.25) is 20.4 Å². The van der Waals surface area contributed by atoms with Crippen molar-refractivity contribution in [3.8, 4) is 0 Å². The van der Waals surface area contributed by atoms with Crippen LogP contribution in [0.4, 0.5) is 0 Å². The molecule has 0 atom stereocenters. The average molecular weight is 248 g/mol. The van der Waals surface area contributed by atoms with Crippen LogP contribution in [0.25, 0.3) is 0 Å². The Balaban J connectivity index is 2.34. The smallest absolute Gasteiger partial charge is 0.328 e. The van der Waals surface area contributed by atoms with Crippen molar-refractivity contribution < 1.29 is 19.5 Å². The number of nitrogens with one attached hydrogen (secondary N) is 2. The maximum Gasteiger partial charge on any atom is 0.328 e. The first-order chi connectivity index (χ1) is 8.58. The van der Waals surface area contributed by atoms with Crippen LogP contribution in [0.5, 0.6) is 0 Å². The SMILES string of the molecule is O=C(O)C=CC(=O)NNC(=O)Cc1ccccc1. The molecule has 1 rings (SSSR count). The maximum atomic E-state index is 11.4. The van der Waals surface area contributed by atoms with Crippen molar-refractivity contribution in [2.75, 3.05) is 0 Å². The maximum absolute atomic E-state index is 11.4. The molecule has 6 heteroatoms. The third-order valence-corrected chi connectivity index (χ3v) is 1.91. The van der Waals surface area contributed by atoms with E-state index in [1.807, 2.05) is 6.07 Å². The summed E-state index contributed by atoms with van der Waals surface area (Å²) in [5, 5.41) is 8.28. The Bertz CT molecular complexity index is 468. The molecule has 6 nitrogen and oxygen atoms in total. The van der Waals surface area contributed by atoms with Gasteiger partial charge in [0.1, 0.15) is 0 Å². The van der Waals surface area contributed by atoms with Gasteiger partial charge in [-0.2, -0.15) is 0 Å². The summed E-state index contributed by atoms with van der Waals surface area (Å²) in [6.07, 6.45) is 1.62. The fraction of sp³-hybridized carbons (Fsp3) is 0.0833. The second-order valence-electron chi connectivity index (χ2n) is 3.37. The Morgan fingerprint density at radius 3 is 2.33 bits per heavy atom. The summed E-state index contributed by atoms with van der Waals surface area (Å²) in [6.45, 7) is 0. The quantitative estimate of drug-likeness (QED) is 0.517. The molecular weight excluding hydrogens is 236 g/mol. The minimum atomic E-state index is -1.24. The van der Waals surface area contributed by atoms with E-state index in [2.05, 4.69) is 10.9 Å². The first-order valence-corrected chi connectivity index (χ1v) is 5.11. The van der Waals surface area contributed by atoms with E-state index in [1.165, 1.54) is 0 Å². The van der Waals surface area contributed by atoms with Gasteiger partial charge < -0.3 is 5.11 Å². The zero-order chi connectivity index (χ0) is 13.4. The van der Waals surface area contributed by atoms with Crippen LogP contribution < -0.4 is 10.9 Å². The number of hydrogen-bond acceptors (Lipinski definition) is 3. The number of carbonyl (C=O) groups is 3. The molecule has 0 radical (unpaired) electrons. The molecule has 18 heavy (non-hydrogen) atoms. The van der Waals surface area contributed by atoms with Crippen molar-refractivity contribution in [1.29, 1.82) is 0 Å². The van der Waals surface area contributed by atoms with Gasteiger partial charge in [0.05, 0.1) is 6.42 Å². The molecule has 0 aliphatic carbocycles. The molecule has 94 valence electrons. The van der Waals surface area contributed by atoms with E-state index in [4.69, 9.17) is 5.11 Å². The summed E-state index contributed by atoms with van der Waals surface area (Å²) in [6, 6.07) is 9.00. The van der Waals surface area contributed by atoms with Crippen molar-refractivity contribution in [3.05, 3.63) is 48.0 Å². The van der Waals surface area contributed by atoms with Crippen molar-refractivity contribution in [1.82, 2.24) is 10.9 Å². The lowest BCUT2D eigenvalue weighted by atomic mass is 10.1. The molecule has 0 spiro atoms. The van der Waals surface area contributed by atoms with Crippen molar-refractivity contribution in [2.24, 2.45) is 0 Å². The summed E-state index contributed by atoms with van der Waals surface area (Å²) in [5.74, 6) is -2.34. The van der Waals surface area contributed by atoms with Gasteiger partial charge in [-0.25, -0.2) is 4.79 Å². The molecule has 0 saturated carbocycles. The zero-order valence-electron chi connectivity index (χ0n) is 9.42. The lowest BCUT2D eigenvalue weighted by Gasteiger charge is -2.04. The van der Waals surface area contributed by atoms with Gasteiger partial charge in [0.25, 0.3) is 5.91 Å². The number of rotatable bonds is 4. The topological polar surface area (TPSA) is 95.5 Å². The first-order valence-electron chi connectivity index (χ1n) is 5.11. The lowest BCUT2D eigenvalue weighted by Crippen LogP contribution is -2.41. The first kappa shape index (κ1) is 13.4. The van der Waals surface area contributed by atoms with Crippen molar-refractivity contribution >= 4 is 17.8 Å². The highest BCUT2D eigenvalue weighted by Crippen LogP contribution is 1.98. The fourth-order valence-electron chi connectivity index (χ4n) is 1.15. The summed E-state index contributed by atoms with van der Waals surface area (Å²) in [4.78, 5) is 32.5. The van der Waals surface area contributed by atoms with Crippen LogP contribution in [-0.2, 0) is 20.8 Å². The Hall–Kier alpha value is -2.63. The number of carbonyl (C=O) groups excluding carboxylic acids is 2. The van der Waals surface area contributed by atoms with E-state index in [0.717, 1.165) is 11.6 Å². The summed E-state index contributed by atoms with van der Waals surface area (Å²) >= 11 is 0. The molecular formula is C12H12N2O4. The Morgan fingerprint density at radius 2 is 1.72 bits per heavy atom. The number of amides is 2. The molecule has 0 heterocycles. The van der Waals surface area contributed by atoms with E-state index in [9.17, 15) is 14.4 Å². The van der Waals surface area contributed by atoms with Crippen LogP contribution in [0.15, 0.2) is 42.5 Å². The van der Waals surface area contributed by atoms with Gasteiger partial charge in [-0.15, -0.1) is 0 Å². The number of hydrogen-bond donors (Lipinski definition) is 3. The standard InChI is InChI=1S/C12H12N2O4/c15-10(6-7-12(17)18)13-14-11(16)8-9-4-2-1-3-5-9/h1-7H,8H2,(H,13,15)(H,14,16)(H,17,18). The second kappa shape index (κ2) is 6.85. The third-order valence-electron chi connectivity index (χ3n) is 1.91. The monoisotopic (exact) mass is 248 g/mol. The van der Waals surface area contributed by atoms with Crippen molar-refractivity contribution in [3.63, 3.8) is 0 Å². The predicted molar refractivity (Wildman–Crippen MR) is 63.2 cm³/mol. The van der Waals surface area contributed by atoms with Crippen LogP contribution in [0.3, 0.4) is 0 Å². The highest BCUT2D eigenvalue weighted by atomic mass is 16.4. The van der Waals surface area contributed by atoms with E-state index < -0.39 is 17.8 Å². The molecule has 0 fully saturated rings. The summed E-state index contributed by atoms with van der Waals surface area (Å²) < 4.78 is 0. The Kier molecular flexibility index (Phi) is 5.11. The number of aliphatic carboxylic acids is 1. The molecule has 0 unspecified atom stereocenters. The van der Waals surface area contributed by atoms with Crippen molar-refractivity contribution in [2.45, 2.75) is 6.42 Å². The second-order valence-corrected chi connectivity index (χ2v) is 3.37. The number of hydrazine groups is 1. The molecule has 0 aromatic heterocycles. The van der Waals surface area contributed by atoms with Gasteiger partial charge in [-0.1, -0.05) is 30.3 Å². The van der Waals surface area contributed by atoms with Crippen LogP contribution in [0.2, 0.25) is 0 Å². The zero-order valence-corrected chi connectivity index (χ0v) is 9.42. The van der Waals surface area contributed by atoms with E-state index in [1.54, 1.807) is 24.3 Å². The molecule has 2 amide bonds. The van der Waals surface area contributed by atoms with Gasteiger partial charge in [0.2, 0.25) is 5.91 Å². The normalized spacial score (nSPS) is 10.0. The molecule has 0 aliphatic heterocycles. The molecule has 3 N–H and O–H groups in total. The minimum absolute atomic E-state index is 0.129. The highest BCUT2D eigenvalue weighted by Gasteiger charge is 2.03. The number of benzene rings is 1. The van der Waals surface area contributed by atoms with Gasteiger partial charge in [-0.05, 0) is 5.56 Å². The third kappa shape index (κ3) is 5.45. The fourth-order valence-corrected chi connectivity index (χ4v) is 1.15. The highest BCUT2D eigenvalue weighted by molar-refractivity contribution is 5.94. The molecule has 0 aliphatic rings. The number of carboxylic acids is 1. The van der Waals surface area contributed by atoms with Crippen LogP contribution >= 0.6 is 0 Å². The van der Waals surface area contributed by atoms with E-state index in [0.29, 0.717) is 6.08 Å². The van der Waals surface area contributed by atoms with Gasteiger partial charge in [0, 0.05) is 12.2 Å².